The summed E-state index contributed by atoms with van der Waals surface area (Å²) in [7, 11) is 0. The highest BCUT2D eigenvalue weighted by atomic mass is 16.1. The average molecular weight is 212 g/mol. The topological polar surface area (TPSA) is 71.1 Å². The van der Waals surface area contributed by atoms with Crippen molar-refractivity contribution in [3.05, 3.63) is 0 Å². The molecule has 0 radical (unpaired) electrons. The van der Waals surface area contributed by atoms with E-state index in [1.807, 2.05) is 0 Å². The van der Waals surface area contributed by atoms with Crippen LogP contribution in [0.15, 0.2) is 0 Å². The summed E-state index contributed by atoms with van der Waals surface area (Å²) in [6.07, 6.45) is 0.993. The molecule has 0 atom stereocenters. The van der Waals surface area contributed by atoms with Gasteiger partial charge in [-0.15, -0.1) is 0 Å². The van der Waals surface area contributed by atoms with Gasteiger partial charge in [0, 0.05) is 42.5 Å². The smallest absolute Gasteiger partial charge is 0.133 e. The van der Waals surface area contributed by atoms with E-state index in [9.17, 15) is 4.79 Å². The van der Waals surface area contributed by atoms with Crippen molar-refractivity contribution in [1.82, 2.24) is 9.80 Å². The molecule has 0 saturated carbocycles. The Morgan fingerprint density at radius 1 is 1.13 bits per heavy atom. The molecule has 5 nitrogen and oxygen atoms in total. The normalized spacial score (nSPS) is 19.0. The first-order valence-corrected chi connectivity index (χ1v) is 5.15. The zero-order valence-corrected chi connectivity index (χ0v) is 9.81. The lowest BCUT2D eigenvalue weighted by atomic mass is 10.1. The molecule has 1 heterocycles. The fraction of sp³-hybridized carbons (Fsp3) is 0.900. The lowest BCUT2D eigenvalue weighted by molar-refractivity contribution is -0.109. The van der Waals surface area contributed by atoms with Gasteiger partial charge in [0.2, 0.25) is 0 Å². The molecule has 0 aromatic rings. The maximum Gasteiger partial charge on any atom is 0.133 e. The first-order chi connectivity index (χ1) is 7.04. The number of carbonyl (C=O) groups is 1. The summed E-state index contributed by atoms with van der Waals surface area (Å²) in [4.78, 5) is 15.0. The number of nitrogens with zero attached hydrogens (tertiary/aromatic N) is 4. The minimum Gasteiger partial charge on any atom is -0.302 e. The van der Waals surface area contributed by atoms with E-state index < -0.39 is 0 Å². The highest BCUT2D eigenvalue weighted by molar-refractivity contribution is 5.51. The first kappa shape index (κ1) is 14.0. The van der Waals surface area contributed by atoms with Gasteiger partial charge >= 0.3 is 0 Å². The third kappa shape index (κ3) is 4.86. The SMILES string of the molecule is CC(C)(C)N1CCN(CC=O)CC1.N#N. The zero-order chi connectivity index (χ0) is 11.9. The number of hydrogen-bond acceptors (Lipinski definition) is 5. The molecule has 0 unspecified atom stereocenters. The van der Waals surface area contributed by atoms with Crippen LogP contribution in [0.2, 0.25) is 0 Å². The second kappa shape index (κ2) is 6.49. The van der Waals surface area contributed by atoms with Gasteiger partial charge in [0.25, 0.3) is 0 Å². The molecular formula is C10H20N4O. The minimum atomic E-state index is 0.271. The Hall–Kier alpha value is -0.990. The van der Waals surface area contributed by atoms with E-state index in [1.54, 1.807) is 0 Å². The van der Waals surface area contributed by atoms with Crippen molar-refractivity contribution >= 4 is 6.29 Å². The van der Waals surface area contributed by atoms with Crippen molar-refractivity contribution in [3.8, 4) is 0 Å². The van der Waals surface area contributed by atoms with E-state index in [-0.39, 0.29) is 5.54 Å². The number of carbonyl (C=O) groups excluding carboxylic acids is 1. The molecular weight excluding hydrogens is 192 g/mol. The first-order valence-electron chi connectivity index (χ1n) is 5.15. The second-order valence-electron chi connectivity index (χ2n) is 4.63. The highest BCUT2D eigenvalue weighted by Gasteiger charge is 2.25. The molecule has 1 rings (SSSR count). The summed E-state index contributed by atoms with van der Waals surface area (Å²) in [6, 6.07) is 0. The van der Waals surface area contributed by atoms with Crippen LogP contribution < -0.4 is 0 Å². The predicted octanol–water partition coefficient (Wildman–Crippen LogP) is 0.632. The number of aldehydes is 1. The molecule has 0 aromatic heterocycles. The molecule has 1 fully saturated rings. The lowest BCUT2D eigenvalue weighted by Gasteiger charge is -2.41. The molecule has 0 aromatic carbocycles. The molecule has 86 valence electrons. The van der Waals surface area contributed by atoms with Crippen molar-refractivity contribution in [2.45, 2.75) is 26.3 Å². The van der Waals surface area contributed by atoms with Crippen molar-refractivity contribution in [3.63, 3.8) is 0 Å². The van der Waals surface area contributed by atoms with Crippen LogP contribution in [0.3, 0.4) is 0 Å². The van der Waals surface area contributed by atoms with E-state index in [0.717, 1.165) is 32.5 Å². The summed E-state index contributed by atoms with van der Waals surface area (Å²) < 4.78 is 0. The van der Waals surface area contributed by atoms with E-state index in [0.29, 0.717) is 6.54 Å². The van der Waals surface area contributed by atoms with Gasteiger partial charge < -0.3 is 4.79 Å². The van der Waals surface area contributed by atoms with Crippen molar-refractivity contribution in [2.24, 2.45) is 0 Å². The Kier molecular flexibility index (Phi) is 6.06. The van der Waals surface area contributed by atoms with Crippen LogP contribution >= 0.6 is 0 Å². The average Bonchev–Trinajstić information content (AvgIpc) is 2.21. The van der Waals surface area contributed by atoms with Crippen molar-refractivity contribution in [1.29, 1.82) is 10.8 Å². The minimum absolute atomic E-state index is 0.271. The second-order valence-corrected chi connectivity index (χ2v) is 4.63. The van der Waals surface area contributed by atoms with Crippen molar-refractivity contribution < 1.29 is 4.79 Å². The van der Waals surface area contributed by atoms with Gasteiger partial charge in [-0.3, -0.25) is 9.80 Å². The maximum atomic E-state index is 10.3. The lowest BCUT2D eigenvalue weighted by Crippen LogP contribution is -2.53. The van der Waals surface area contributed by atoms with Crippen LogP contribution in [-0.4, -0.2) is 54.3 Å². The van der Waals surface area contributed by atoms with Gasteiger partial charge in [0.05, 0.1) is 6.54 Å². The fourth-order valence-electron chi connectivity index (χ4n) is 1.71. The van der Waals surface area contributed by atoms with Crippen LogP contribution in [0.1, 0.15) is 20.8 Å². The molecule has 0 bridgehead atoms. The van der Waals surface area contributed by atoms with Gasteiger partial charge in [-0.25, -0.2) is 0 Å². The standard InChI is InChI=1S/C10H20N2O.N2/c1-10(2,3)12-6-4-11(5-7-12)8-9-13;1-2/h9H,4-8H2,1-3H3;. The van der Waals surface area contributed by atoms with Crippen LogP contribution in [0.4, 0.5) is 0 Å². The van der Waals surface area contributed by atoms with E-state index in [4.69, 9.17) is 10.8 Å². The van der Waals surface area contributed by atoms with Crippen LogP contribution in [0.25, 0.3) is 0 Å². The van der Waals surface area contributed by atoms with Crippen molar-refractivity contribution in [2.75, 3.05) is 32.7 Å². The molecule has 0 aliphatic carbocycles. The summed E-state index contributed by atoms with van der Waals surface area (Å²) in [5.74, 6) is 0. The van der Waals surface area contributed by atoms with Gasteiger partial charge in [-0.1, -0.05) is 0 Å². The Morgan fingerprint density at radius 2 is 1.60 bits per heavy atom. The molecule has 0 amide bonds. The summed E-state index contributed by atoms with van der Waals surface area (Å²) in [6.45, 7) is 11.5. The maximum absolute atomic E-state index is 10.3. The predicted molar refractivity (Wildman–Crippen MR) is 57.3 cm³/mol. The van der Waals surface area contributed by atoms with Gasteiger partial charge in [-0.2, -0.15) is 0 Å². The highest BCUT2D eigenvalue weighted by Crippen LogP contribution is 2.15. The Labute approximate surface area is 91.5 Å². The van der Waals surface area contributed by atoms with Crippen LogP contribution in [-0.2, 0) is 4.79 Å². The fourth-order valence-corrected chi connectivity index (χ4v) is 1.71. The van der Waals surface area contributed by atoms with Gasteiger partial charge in [-0.05, 0) is 20.8 Å². The van der Waals surface area contributed by atoms with Crippen LogP contribution in [0, 0.1) is 10.8 Å². The molecule has 1 aliphatic rings. The van der Waals surface area contributed by atoms with E-state index in [2.05, 4.69) is 30.6 Å². The number of rotatable bonds is 2. The van der Waals surface area contributed by atoms with E-state index >= 15 is 0 Å². The number of piperazine rings is 1. The molecule has 15 heavy (non-hydrogen) atoms. The Bertz CT molecular complexity index is 201. The summed E-state index contributed by atoms with van der Waals surface area (Å²) in [5, 5.41) is 12.0. The third-order valence-electron chi connectivity index (χ3n) is 2.65. The molecule has 1 aliphatic heterocycles. The Balaban J connectivity index is 0.000000921. The summed E-state index contributed by atoms with van der Waals surface area (Å²) in [5.41, 5.74) is 0.271. The molecule has 0 N–H and O–H groups in total. The zero-order valence-electron chi connectivity index (χ0n) is 9.81. The molecule has 5 heteroatoms. The van der Waals surface area contributed by atoms with Crippen LogP contribution in [0.5, 0.6) is 0 Å². The summed E-state index contributed by atoms with van der Waals surface area (Å²) >= 11 is 0. The molecule has 0 spiro atoms. The monoisotopic (exact) mass is 212 g/mol. The molecule has 1 saturated heterocycles. The van der Waals surface area contributed by atoms with E-state index in [1.165, 1.54) is 0 Å². The largest absolute Gasteiger partial charge is 0.302 e. The quantitative estimate of drug-likeness (QED) is 0.496. The third-order valence-corrected chi connectivity index (χ3v) is 2.65. The number of hydrogen-bond donors (Lipinski definition) is 0. The Morgan fingerprint density at radius 3 is 1.93 bits per heavy atom. The van der Waals surface area contributed by atoms with Gasteiger partial charge in [0.1, 0.15) is 6.29 Å². The van der Waals surface area contributed by atoms with Gasteiger partial charge in [0.15, 0.2) is 0 Å².